The molecule has 0 bridgehead atoms. The number of carboxylic acid groups (broad SMARTS) is 1. The Kier molecular flexibility index (Phi) is 2.74. The van der Waals surface area contributed by atoms with Crippen LogP contribution >= 0.6 is 0 Å². The van der Waals surface area contributed by atoms with Gasteiger partial charge in [-0.25, -0.2) is 0 Å². The standard InChI is InChI=1S/C10H18N2O2/c11-9-3-8(10(13)14)5-12(6-9)4-7-1-2-7/h7-9H,1-6,11H2,(H,13,14). The van der Waals surface area contributed by atoms with E-state index in [9.17, 15) is 4.79 Å². The lowest BCUT2D eigenvalue weighted by Gasteiger charge is -2.34. The molecule has 2 rings (SSSR count). The maximum Gasteiger partial charge on any atom is 0.307 e. The third-order valence-electron chi connectivity index (χ3n) is 3.12. The minimum Gasteiger partial charge on any atom is -0.481 e. The van der Waals surface area contributed by atoms with Crippen LogP contribution in [0.3, 0.4) is 0 Å². The summed E-state index contributed by atoms with van der Waals surface area (Å²) < 4.78 is 0. The molecule has 0 amide bonds. The van der Waals surface area contributed by atoms with Crippen molar-refractivity contribution < 1.29 is 9.90 Å². The van der Waals surface area contributed by atoms with Gasteiger partial charge in [-0.1, -0.05) is 0 Å². The number of rotatable bonds is 3. The smallest absolute Gasteiger partial charge is 0.307 e. The van der Waals surface area contributed by atoms with Gasteiger partial charge in [0.15, 0.2) is 0 Å². The molecular formula is C10H18N2O2. The molecule has 2 fully saturated rings. The third kappa shape index (κ3) is 2.45. The third-order valence-corrected chi connectivity index (χ3v) is 3.12. The van der Waals surface area contributed by atoms with Crippen molar-refractivity contribution in [1.29, 1.82) is 0 Å². The van der Waals surface area contributed by atoms with Crippen LogP contribution in [0.25, 0.3) is 0 Å². The number of hydrogen-bond acceptors (Lipinski definition) is 3. The molecule has 0 radical (unpaired) electrons. The van der Waals surface area contributed by atoms with Gasteiger partial charge in [-0.2, -0.15) is 0 Å². The minimum absolute atomic E-state index is 0.0450. The predicted octanol–water partition coefficient (Wildman–Crippen LogP) is 0.130. The molecule has 1 saturated heterocycles. The number of piperidine rings is 1. The van der Waals surface area contributed by atoms with E-state index in [0.717, 1.165) is 19.0 Å². The van der Waals surface area contributed by atoms with E-state index in [1.165, 1.54) is 12.8 Å². The number of carbonyl (C=O) groups is 1. The molecule has 2 unspecified atom stereocenters. The molecule has 3 N–H and O–H groups in total. The lowest BCUT2D eigenvalue weighted by atomic mass is 9.95. The van der Waals surface area contributed by atoms with Gasteiger partial charge in [-0.3, -0.25) is 4.79 Å². The molecule has 0 aromatic rings. The summed E-state index contributed by atoms with van der Waals surface area (Å²) in [6, 6.07) is 0.0450. The molecule has 14 heavy (non-hydrogen) atoms. The highest BCUT2D eigenvalue weighted by molar-refractivity contribution is 5.70. The van der Waals surface area contributed by atoms with Crippen LogP contribution in [0.5, 0.6) is 0 Å². The quantitative estimate of drug-likeness (QED) is 0.676. The summed E-state index contributed by atoms with van der Waals surface area (Å²) in [5, 5.41) is 8.94. The normalized spacial score (nSPS) is 34.4. The van der Waals surface area contributed by atoms with Crippen LogP contribution in [0.2, 0.25) is 0 Å². The Morgan fingerprint density at radius 1 is 1.43 bits per heavy atom. The number of likely N-dealkylation sites (tertiary alicyclic amines) is 1. The van der Waals surface area contributed by atoms with Crippen molar-refractivity contribution in [2.75, 3.05) is 19.6 Å². The molecule has 4 nitrogen and oxygen atoms in total. The van der Waals surface area contributed by atoms with Crippen LogP contribution in [-0.2, 0) is 4.79 Å². The lowest BCUT2D eigenvalue weighted by Crippen LogP contribution is -2.49. The minimum atomic E-state index is -0.694. The van der Waals surface area contributed by atoms with E-state index < -0.39 is 5.97 Å². The summed E-state index contributed by atoms with van der Waals surface area (Å²) in [5.74, 6) is -0.131. The molecule has 4 heteroatoms. The summed E-state index contributed by atoms with van der Waals surface area (Å²) >= 11 is 0. The first-order chi connectivity index (χ1) is 6.65. The molecular weight excluding hydrogens is 180 g/mol. The van der Waals surface area contributed by atoms with E-state index in [4.69, 9.17) is 10.8 Å². The highest BCUT2D eigenvalue weighted by atomic mass is 16.4. The second-order valence-corrected chi connectivity index (χ2v) is 4.69. The Morgan fingerprint density at radius 3 is 2.71 bits per heavy atom. The van der Waals surface area contributed by atoms with Crippen LogP contribution in [0.15, 0.2) is 0 Å². The van der Waals surface area contributed by atoms with Gasteiger partial charge in [0.05, 0.1) is 5.92 Å². The van der Waals surface area contributed by atoms with E-state index in [1.54, 1.807) is 0 Å². The summed E-state index contributed by atoms with van der Waals surface area (Å²) in [5.41, 5.74) is 5.84. The molecule has 1 heterocycles. The zero-order valence-corrected chi connectivity index (χ0v) is 8.35. The molecule has 1 aliphatic carbocycles. The van der Waals surface area contributed by atoms with Crippen molar-refractivity contribution in [3.63, 3.8) is 0 Å². The van der Waals surface area contributed by atoms with Gasteiger partial charge in [0.1, 0.15) is 0 Å². The molecule has 2 atom stereocenters. The topological polar surface area (TPSA) is 66.6 Å². The van der Waals surface area contributed by atoms with Gasteiger partial charge in [-0.15, -0.1) is 0 Å². The van der Waals surface area contributed by atoms with E-state index in [1.807, 2.05) is 0 Å². The first-order valence-electron chi connectivity index (χ1n) is 5.36. The van der Waals surface area contributed by atoms with E-state index in [-0.39, 0.29) is 12.0 Å². The fourth-order valence-corrected chi connectivity index (χ4v) is 2.23. The lowest BCUT2D eigenvalue weighted by molar-refractivity contribution is -0.143. The first kappa shape index (κ1) is 9.93. The fraction of sp³-hybridized carbons (Fsp3) is 0.900. The van der Waals surface area contributed by atoms with E-state index in [0.29, 0.717) is 13.0 Å². The van der Waals surface area contributed by atoms with Gasteiger partial charge in [0.2, 0.25) is 0 Å². The molecule has 0 spiro atoms. The Morgan fingerprint density at radius 2 is 2.14 bits per heavy atom. The van der Waals surface area contributed by atoms with Crippen LogP contribution in [0, 0.1) is 11.8 Å². The summed E-state index contributed by atoms with van der Waals surface area (Å²) in [6.07, 6.45) is 3.25. The SMILES string of the molecule is NC1CC(C(=O)O)CN(CC2CC2)C1. The first-order valence-corrected chi connectivity index (χ1v) is 5.36. The summed E-state index contributed by atoms with van der Waals surface area (Å²) in [7, 11) is 0. The highest BCUT2D eigenvalue weighted by Gasteiger charge is 2.32. The second kappa shape index (κ2) is 3.87. The van der Waals surface area contributed by atoms with E-state index in [2.05, 4.69) is 4.90 Å². The summed E-state index contributed by atoms with van der Waals surface area (Å²) in [6.45, 7) is 2.62. The molecule has 0 aromatic heterocycles. The maximum atomic E-state index is 10.9. The largest absolute Gasteiger partial charge is 0.481 e. The Hall–Kier alpha value is -0.610. The molecule has 1 saturated carbocycles. The van der Waals surface area contributed by atoms with Gasteiger partial charge in [0, 0.05) is 25.7 Å². The average molecular weight is 198 g/mol. The van der Waals surface area contributed by atoms with Gasteiger partial charge >= 0.3 is 5.97 Å². The summed E-state index contributed by atoms with van der Waals surface area (Å²) in [4.78, 5) is 13.1. The monoisotopic (exact) mass is 198 g/mol. The van der Waals surface area contributed by atoms with Crippen molar-refractivity contribution in [3.05, 3.63) is 0 Å². The van der Waals surface area contributed by atoms with Crippen LogP contribution in [0.4, 0.5) is 0 Å². The van der Waals surface area contributed by atoms with Gasteiger partial charge in [0.25, 0.3) is 0 Å². The molecule has 80 valence electrons. The predicted molar refractivity (Wildman–Crippen MR) is 52.9 cm³/mol. The average Bonchev–Trinajstić information content (AvgIpc) is 2.87. The Labute approximate surface area is 84.1 Å². The van der Waals surface area contributed by atoms with Crippen molar-refractivity contribution in [2.24, 2.45) is 17.6 Å². The highest BCUT2D eigenvalue weighted by Crippen LogP contribution is 2.31. The van der Waals surface area contributed by atoms with Crippen molar-refractivity contribution in [3.8, 4) is 0 Å². The van der Waals surface area contributed by atoms with Crippen molar-refractivity contribution in [1.82, 2.24) is 4.90 Å². The number of nitrogens with zero attached hydrogens (tertiary/aromatic N) is 1. The molecule has 0 aromatic carbocycles. The van der Waals surface area contributed by atoms with E-state index >= 15 is 0 Å². The maximum absolute atomic E-state index is 10.9. The van der Waals surface area contributed by atoms with Gasteiger partial charge < -0.3 is 15.7 Å². The Bertz CT molecular complexity index is 226. The number of hydrogen-bond donors (Lipinski definition) is 2. The van der Waals surface area contributed by atoms with Crippen LogP contribution in [0.1, 0.15) is 19.3 Å². The molecule has 2 aliphatic rings. The van der Waals surface area contributed by atoms with Crippen molar-refractivity contribution in [2.45, 2.75) is 25.3 Å². The van der Waals surface area contributed by atoms with Crippen LogP contribution < -0.4 is 5.73 Å². The molecule has 1 aliphatic heterocycles. The fourth-order valence-electron chi connectivity index (χ4n) is 2.23. The van der Waals surface area contributed by atoms with Gasteiger partial charge in [-0.05, 0) is 25.2 Å². The van der Waals surface area contributed by atoms with Crippen LogP contribution in [-0.4, -0.2) is 41.7 Å². The number of aliphatic carboxylic acids is 1. The number of nitrogens with two attached hydrogens (primary N) is 1. The Balaban J connectivity index is 1.87. The zero-order valence-electron chi connectivity index (χ0n) is 8.35. The second-order valence-electron chi connectivity index (χ2n) is 4.69. The zero-order chi connectivity index (χ0) is 10.1. The number of carboxylic acids is 1. The van der Waals surface area contributed by atoms with Crippen molar-refractivity contribution >= 4 is 5.97 Å².